The molecule has 1 aromatic heterocycles. The number of nitrogens with zero attached hydrogens (tertiary/aromatic N) is 1. The van der Waals surface area contributed by atoms with Crippen LogP contribution in [0.15, 0.2) is 30.5 Å². The summed E-state index contributed by atoms with van der Waals surface area (Å²) in [5.74, 6) is 0.0912. The molecule has 2 rings (SSSR count). The molecule has 0 amide bonds. The lowest BCUT2D eigenvalue weighted by Crippen LogP contribution is -1.89. The summed E-state index contributed by atoms with van der Waals surface area (Å²) < 4.78 is 0. The first-order chi connectivity index (χ1) is 7.66. The van der Waals surface area contributed by atoms with Crippen molar-refractivity contribution < 1.29 is 4.79 Å². The van der Waals surface area contributed by atoms with Gasteiger partial charge in [0.2, 0.25) is 0 Å². The van der Waals surface area contributed by atoms with E-state index in [-0.39, 0.29) is 5.78 Å². The van der Waals surface area contributed by atoms with E-state index in [2.05, 4.69) is 24.0 Å². The predicted octanol–water partition coefficient (Wildman–Crippen LogP) is 3.24. The van der Waals surface area contributed by atoms with Crippen LogP contribution in [0.25, 0.3) is 0 Å². The third kappa shape index (κ3) is 2.36. The van der Waals surface area contributed by atoms with Crippen molar-refractivity contribution in [2.75, 3.05) is 0 Å². The third-order valence-corrected chi connectivity index (χ3v) is 3.60. The fourth-order valence-electron chi connectivity index (χ4n) is 1.53. The Labute approximate surface area is 99.0 Å². The monoisotopic (exact) mass is 231 g/mol. The Morgan fingerprint density at radius 2 is 2.12 bits per heavy atom. The molecule has 0 aliphatic carbocycles. The lowest BCUT2D eigenvalue weighted by atomic mass is 10.1. The lowest BCUT2D eigenvalue weighted by Gasteiger charge is -2.01. The number of rotatable bonds is 3. The quantitative estimate of drug-likeness (QED) is 0.759. The molecule has 2 nitrogen and oxygen atoms in total. The first-order valence-electron chi connectivity index (χ1n) is 5.17. The number of aromatic nitrogens is 1. The molecule has 0 bridgehead atoms. The highest BCUT2D eigenvalue weighted by Crippen LogP contribution is 2.18. The first kappa shape index (κ1) is 11.0. The van der Waals surface area contributed by atoms with E-state index in [0.29, 0.717) is 0 Å². The zero-order valence-electron chi connectivity index (χ0n) is 9.36. The molecule has 16 heavy (non-hydrogen) atoms. The molecule has 0 saturated carbocycles. The Bertz CT molecular complexity index is 516. The van der Waals surface area contributed by atoms with Gasteiger partial charge in [0.15, 0.2) is 5.78 Å². The van der Waals surface area contributed by atoms with E-state index in [1.54, 1.807) is 13.1 Å². The van der Waals surface area contributed by atoms with Crippen LogP contribution in [-0.4, -0.2) is 10.8 Å². The maximum absolute atomic E-state index is 11.1. The highest BCUT2D eigenvalue weighted by molar-refractivity contribution is 7.13. The molecule has 0 fully saturated rings. The van der Waals surface area contributed by atoms with Crippen LogP contribution >= 0.6 is 11.3 Å². The Balaban J connectivity index is 2.21. The van der Waals surface area contributed by atoms with Crippen molar-refractivity contribution in [1.29, 1.82) is 0 Å². The summed E-state index contributed by atoms with van der Waals surface area (Å²) in [6.07, 6.45) is 2.48. The molecule has 0 atom stereocenters. The van der Waals surface area contributed by atoms with Crippen molar-refractivity contribution in [3.63, 3.8) is 0 Å². The van der Waals surface area contributed by atoms with Crippen LogP contribution in [0.5, 0.6) is 0 Å². The van der Waals surface area contributed by atoms with Crippen molar-refractivity contribution >= 4 is 17.1 Å². The Hall–Kier alpha value is -1.48. The van der Waals surface area contributed by atoms with Gasteiger partial charge in [-0.1, -0.05) is 24.3 Å². The summed E-state index contributed by atoms with van der Waals surface area (Å²) in [6, 6.07) is 8.25. The molecule has 0 N–H and O–H groups in total. The number of thiazole rings is 1. The van der Waals surface area contributed by atoms with Crippen molar-refractivity contribution in [3.05, 3.63) is 51.5 Å². The molecule has 0 radical (unpaired) electrons. The summed E-state index contributed by atoms with van der Waals surface area (Å²) >= 11 is 1.48. The Morgan fingerprint density at radius 1 is 1.38 bits per heavy atom. The Kier molecular flexibility index (Phi) is 3.15. The molecule has 82 valence electrons. The van der Waals surface area contributed by atoms with Gasteiger partial charge in [0, 0.05) is 19.5 Å². The van der Waals surface area contributed by atoms with Gasteiger partial charge in [-0.15, -0.1) is 11.3 Å². The second-order valence-electron chi connectivity index (χ2n) is 3.78. The van der Waals surface area contributed by atoms with Gasteiger partial charge in [0.1, 0.15) is 0 Å². The largest absolute Gasteiger partial charge is 0.294 e. The van der Waals surface area contributed by atoms with Gasteiger partial charge in [-0.05, 0) is 18.1 Å². The average molecular weight is 231 g/mol. The SMILES string of the molecule is CC(=O)c1cnc(Cc2ccccc2C)s1. The van der Waals surface area contributed by atoms with Gasteiger partial charge in [-0.25, -0.2) is 4.98 Å². The molecular weight excluding hydrogens is 218 g/mol. The van der Waals surface area contributed by atoms with Crippen LogP contribution in [0.4, 0.5) is 0 Å². The highest BCUT2D eigenvalue weighted by atomic mass is 32.1. The number of carbonyl (C=O) groups is 1. The maximum atomic E-state index is 11.1. The smallest absolute Gasteiger partial charge is 0.171 e. The van der Waals surface area contributed by atoms with Gasteiger partial charge in [-0.3, -0.25) is 4.79 Å². The van der Waals surface area contributed by atoms with E-state index < -0.39 is 0 Å². The maximum Gasteiger partial charge on any atom is 0.171 e. The molecule has 0 saturated heterocycles. The molecular formula is C13H13NOS. The number of benzene rings is 1. The van der Waals surface area contributed by atoms with E-state index in [9.17, 15) is 4.79 Å². The summed E-state index contributed by atoms with van der Waals surface area (Å²) in [5, 5.41) is 1.000. The summed E-state index contributed by atoms with van der Waals surface area (Å²) in [5.41, 5.74) is 2.54. The highest BCUT2D eigenvalue weighted by Gasteiger charge is 2.07. The minimum absolute atomic E-state index is 0.0912. The van der Waals surface area contributed by atoms with Crippen molar-refractivity contribution in [3.8, 4) is 0 Å². The van der Waals surface area contributed by atoms with Crippen molar-refractivity contribution in [2.24, 2.45) is 0 Å². The number of ketones is 1. The van der Waals surface area contributed by atoms with Crippen LogP contribution in [0.1, 0.15) is 32.7 Å². The predicted molar refractivity (Wildman–Crippen MR) is 66.1 cm³/mol. The molecule has 0 aliphatic heterocycles. The Morgan fingerprint density at radius 3 is 2.75 bits per heavy atom. The number of hydrogen-bond acceptors (Lipinski definition) is 3. The topological polar surface area (TPSA) is 30.0 Å². The molecule has 0 aliphatic rings. The normalized spacial score (nSPS) is 10.4. The fraction of sp³-hybridized carbons (Fsp3) is 0.231. The van der Waals surface area contributed by atoms with E-state index >= 15 is 0 Å². The number of hydrogen-bond donors (Lipinski definition) is 0. The summed E-state index contributed by atoms with van der Waals surface area (Å²) in [7, 11) is 0. The molecule has 2 aromatic rings. The molecule has 1 heterocycles. The zero-order chi connectivity index (χ0) is 11.5. The van der Waals surface area contributed by atoms with Crippen LogP contribution < -0.4 is 0 Å². The van der Waals surface area contributed by atoms with Crippen LogP contribution in [0.2, 0.25) is 0 Å². The zero-order valence-corrected chi connectivity index (χ0v) is 10.2. The molecule has 0 unspecified atom stereocenters. The molecule has 0 spiro atoms. The van der Waals surface area contributed by atoms with Crippen LogP contribution in [-0.2, 0) is 6.42 Å². The second kappa shape index (κ2) is 4.58. The number of carbonyl (C=O) groups excluding carboxylic acids is 1. The molecule has 1 aromatic carbocycles. The van der Waals surface area contributed by atoms with Gasteiger partial charge in [0.25, 0.3) is 0 Å². The van der Waals surface area contributed by atoms with Gasteiger partial charge >= 0.3 is 0 Å². The molecule has 3 heteroatoms. The van der Waals surface area contributed by atoms with E-state index in [4.69, 9.17) is 0 Å². The van der Waals surface area contributed by atoms with Gasteiger partial charge in [-0.2, -0.15) is 0 Å². The summed E-state index contributed by atoms with van der Waals surface area (Å²) in [4.78, 5) is 16.2. The first-order valence-corrected chi connectivity index (χ1v) is 5.98. The minimum Gasteiger partial charge on any atom is -0.294 e. The van der Waals surface area contributed by atoms with Gasteiger partial charge in [0.05, 0.1) is 9.88 Å². The van der Waals surface area contributed by atoms with Crippen molar-refractivity contribution in [2.45, 2.75) is 20.3 Å². The van der Waals surface area contributed by atoms with Gasteiger partial charge < -0.3 is 0 Å². The van der Waals surface area contributed by atoms with E-state index in [1.807, 2.05) is 12.1 Å². The number of Topliss-reactive ketones (excluding diaryl/α,β-unsaturated/α-hetero) is 1. The van der Waals surface area contributed by atoms with E-state index in [0.717, 1.165) is 16.3 Å². The second-order valence-corrected chi connectivity index (χ2v) is 4.89. The van der Waals surface area contributed by atoms with Crippen molar-refractivity contribution in [1.82, 2.24) is 4.98 Å². The fourth-order valence-corrected chi connectivity index (χ4v) is 2.36. The minimum atomic E-state index is 0.0912. The lowest BCUT2D eigenvalue weighted by molar-refractivity contribution is 0.102. The standard InChI is InChI=1S/C13H13NOS/c1-9-5-3-4-6-11(9)7-13-14-8-12(16-13)10(2)15/h3-6,8H,7H2,1-2H3. The summed E-state index contributed by atoms with van der Waals surface area (Å²) in [6.45, 7) is 3.67. The number of aryl methyl sites for hydroxylation is 1. The van der Waals surface area contributed by atoms with E-state index in [1.165, 1.54) is 22.5 Å². The third-order valence-electron chi connectivity index (χ3n) is 2.50. The van der Waals surface area contributed by atoms with Crippen LogP contribution in [0, 0.1) is 6.92 Å². The average Bonchev–Trinajstić information content (AvgIpc) is 2.70. The van der Waals surface area contributed by atoms with Crippen LogP contribution in [0.3, 0.4) is 0 Å².